The quantitative estimate of drug-likeness (QED) is 0.0135. The number of aliphatic carboxylic acids is 1. The molecule has 0 unspecified atom stereocenters. The Hall–Kier alpha value is -6.72. The number of nitrogens with zero attached hydrogens (tertiary/aromatic N) is 1. The molecule has 27 nitrogen and oxygen atoms in total. The number of amides is 10. The van der Waals surface area contributed by atoms with Gasteiger partial charge in [-0.1, -0.05) is 30.3 Å². The Kier molecular flexibility index (Phi) is 28.0. The first-order chi connectivity index (χ1) is 34.5. The molecule has 0 bridgehead atoms. The van der Waals surface area contributed by atoms with E-state index in [1.807, 2.05) is 0 Å². The molecule has 8 atom stereocenters. The minimum Gasteiger partial charge on any atom is -0.480 e. The predicted molar refractivity (Wildman–Crippen MR) is 277 cm³/mol. The smallest absolute Gasteiger partial charge is 0.327 e. The first-order valence-electron chi connectivity index (χ1n) is 23.4. The van der Waals surface area contributed by atoms with Crippen molar-refractivity contribution in [3.05, 3.63) is 35.9 Å². The van der Waals surface area contributed by atoms with Crippen molar-refractivity contribution in [1.82, 2.24) is 47.9 Å². The van der Waals surface area contributed by atoms with Gasteiger partial charge in [0.05, 0.1) is 12.5 Å². The minimum atomic E-state index is -1.88. The highest BCUT2D eigenvalue weighted by molar-refractivity contribution is 7.80. The van der Waals surface area contributed by atoms with E-state index in [0.717, 1.165) is 6.92 Å². The molecular formula is C45H74N14O13S2. The predicted octanol–water partition coefficient (Wildman–Crippen LogP) is -5.18. The third-order valence-corrected chi connectivity index (χ3v) is 11.6. The van der Waals surface area contributed by atoms with Crippen LogP contribution in [0.4, 0.5) is 0 Å². The standard InChI is InChI=1S/C45H74N14O13S2/c1-23(60)33(51-24(2)61)39(68)59-45(5,6)42(72)56-28(19-25-13-8-7-9-14-25)35(64)54-30(21-73)37(66)52-26(15-10-11-17-46)34(63)53-27(16-12-18-50-43(48)49)38(67)58-44(3,4)41(71)57-29(20-32(47)62)36(65)55-31(22-74)40(69)70/h7-9,13-14,23,26-31,33,60,73-74H,10-12,15-22,46H2,1-6H3,(H2,47,62)(H,51,61)(H,52,66)(H,53,63)(H,54,64)(H,55,65)(H,56,72)(H,57,71)(H,58,67)(H,59,68)(H,69,70)(H4,48,49,50)/t23-,26+,27+,28+,29+,30+,31+,33+/m1/s1. The van der Waals surface area contributed by atoms with Gasteiger partial charge >= 0.3 is 5.97 Å². The Morgan fingerprint density at radius 1 is 0.608 bits per heavy atom. The van der Waals surface area contributed by atoms with Crippen molar-refractivity contribution < 1.29 is 63.0 Å². The molecule has 0 aromatic heterocycles. The van der Waals surface area contributed by atoms with Gasteiger partial charge in [-0.2, -0.15) is 25.3 Å². The average molecular weight is 1080 g/mol. The van der Waals surface area contributed by atoms with Crippen LogP contribution >= 0.6 is 25.3 Å². The van der Waals surface area contributed by atoms with E-state index in [9.17, 15) is 63.0 Å². The van der Waals surface area contributed by atoms with Gasteiger partial charge < -0.3 is 81.0 Å². The number of aliphatic hydroxyl groups is 1. The van der Waals surface area contributed by atoms with Gasteiger partial charge in [0, 0.05) is 31.4 Å². The van der Waals surface area contributed by atoms with E-state index in [-0.39, 0.29) is 56.2 Å². The van der Waals surface area contributed by atoms with Crippen LogP contribution in [-0.2, 0) is 59.2 Å². The number of guanidine groups is 1. The SMILES string of the molecule is CC(=O)N[C@H](C(=O)NC(C)(C)C(=O)N[C@@H](Cc1ccccc1)C(=O)N[C@@H](CS)C(=O)N[C@@H](CCCCN)C(=O)N[C@@H](CCCN=C(N)N)C(=O)NC(C)(C)C(=O)N[C@@H](CC(N)=O)C(=O)N[C@@H](CS)C(=O)O)[C@@H](C)O. The number of hydrogen-bond donors (Lipinski definition) is 17. The van der Waals surface area contributed by atoms with Crippen molar-refractivity contribution >= 4 is 96.3 Å². The highest BCUT2D eigenvalue weighted by Crippen LogP contribution is 2.12. The van der Waals surface area contributed by atoms with Crippen molar-refractivity contribution in [2.24, 2.45) is 27.9 Å². The van der Waals surface area contributed by atoms with E-state index >= 15 is 0 Å². The number of thiol groups is 2. The van der Waals surface area contributed by atoms with Gasteiger partial charge in [0.15, 0.2) is 5.96 Å². The number of aliphatic hydroxyl groups excluding tert-OH is 1. The largest absolute Gasteiger partial charge is 0.480 e. The normalized spacial score (nSPS) is 14.5. The zero-order valence-electron chi connectivity index (χ0n) is 42.3. The highest BCUT2D eigenvalue weighted by Gasteiger charge is 2.39. The van der Waals surface area contributed by atoms with E-state index in [0.29, 0.717) is 18.4 Å². The van der Waals surface area contributed by atoms with Crippen molar-refractivity contribution in [2.75, 3.05) is 24.6 Å². The number of hydrogen-bond acceptors (Lipinski definition) is 16. The van der Waals surface area contributed by atoms with Crippen LogP contribution in [0.2, 0.25) is 0 Å². The summed E-state index contributed by atoms with van der Waals surface area (Å²) in [5.41, 5.74) is 18.9. The molecule has 74 heavy (non-hydrogen) atoms. The molecule has 0 aliphatic rings. The van der Waals surface area contributed by atoms with Crippen LogP contribution in [0.5, 0.6) is 0 Å². The fourth-order valence-electron chi connectivity index (χ4n) is 6.67. The zero-order chi connectivity index (χ0) is 56.5. The number of unbranched alkanes of at least 4 members (excludes halogenated alkanes) is 1. The van der Waals surface area contributed by atoms with Crippen LogP contribution in [-0.4, -0.2) is 165 Å². The summed E-state index contributed by atoms with van der Waals surface area (Å²) in [6.45, 7) is 7.78. The van der Waals surface area contributed by atoms with Crippen LogP contribution in [0, 0.1) is 0 Å². The highest BCUT2D eigenvalue weighted by atomic mass is 32.1. The zero-order valence-corrected chi connectivity index (χ0v) is 44.1. The number of primary amides is 1. The Labute approximate surface area is 440 Å². The fraction of sp³-hybridized carbons (Fsp3) is 0.600. The summed E-state index contributed by atoms with van der Waals surface area (Å²) in [5.74, 6) is -11.4. The van der Waals surface area contributed by atoms with E-state index < -0.39 is 131 Å². The Bertz CT molecular complexity index is 2160. The molecule has 0 aliphatic carbocycles. The number of carboxylic acids is 1. The second kappa shape index (κ2) is 31.8. The molecule has 29 heteroatoms. The van der Waals surface area contributed by atoms with Gasteiger partial charge in [0.25, 0.3) is 0 Å². The van der Waals surface area contributed by atoms with Crippen LogP contribution in [0.3, 0.4) is 0 Å². The Balaban J connectivity index is 3.48. The molecule has 414 valence electrons. The van der Waals surface area contributed by atoms with Crippen LogP contribution in [0.1, 0.15) is 85.6 Å². The van der Waals surface area contributed by atoms with Gasteiger partial charge in [0.1, 0.15) is 53.4 Å². The molecule has 0 radical (unpaired) electrons. The number of nitrogens with one attached hydrogen (secondary N) is 9. The topological polar surface area (TPSA) is 453 Å². The summed E-state index contributed by atoms with van der Waals surface area (Å²) in [7, 11) is 0. The van der Waals surface area contributed by atoms with E-state index in [4.69, 9.17) is 22.9 Å². The molecule has 10 amide bonds. The maximum Gasteiger partial charge on any atom is 0.327 e. The Morgan fingerprint density at radius 3 is 1.55 bits per heavy atom. The number of benzene rings is 1. The van der Waals surface area contributed by atoms with Crippen LogP contribution in [0.25, 0.3) is 0 Å². The molecule has 0 fully saturated rings. The van der Waals surface area contributed by atoms with E-state index in [2.05, 4.69) is 78.1 Å². The molecule has 19 N–H and O–H groups in total. The number of rotatable bonds is 33. The summed E-state index contributed by atoms with van der Waals surface area (Å²) in [5, 5.41) is 41.6. The van der Waals surface area contributed by atoms with E-state index in [1.54, 1.807) is 30.3 Å². The lowest BCUT2D eigenvalue weighted by Crippen LogP contribution is -2.64. The summed E-state index contributed by atoms with van der Waals surface area (Å²) in [6.07, 6.45) is -1.56. The number of carbonyl (C=O) groups excluding carboxylic acids is 10. The monoisotopic (exact) mass is 1080 g/mol. The number of carbonyl (C=O) groups is 11. The molecule has 0 saturated heterocycles. The molecule has 1 rings (SSSR count). The molecule has 1 aromatic rings. The maximum atomic E-state index is 14.1. The maximum absolute atomic E-state index is 14.1. The van der Waals surface area contributed by atoms with Crippen molar-refractivity contribution in [1.29, 1.82) is 0 Å². The van der Waals surface area contributed by atoms with Gasteiger partial charge in [-0.3, -0.25) is 52.9 Å². The van der Waals surface area contributed by atoms with Crippen LogP contribution in [0.15, 0.2) is 35.3 Å². The van der Waals surface area contributed by atoms with Crippen molar-refractivity contribution in [3.63, 3.8) is 0 Å². The van der Waals surface area contributed by atoms with Gasteiger partial charge in [0.2, 0.25) is 59.1 Å². The van der Waals surface area contributed by atoms with Crippen molar-refractivity contribution in [3.8, 4) is 0 Å². The lowest BCUT2D eigenvalue weighted by atomic mass is 9.99. The van der Waals surface area contributed by atoms with E-state index in [1.165, 1.54) is 34.6 Å². The summed E-state index contributed by atoms with van der Waals surface area (Å²) in [6, 6.07) is -1.70. The number of carboxylic acid groups (broad SMARTS) is 1. The number of aliphatic imine (C=N–C) groups is 1. The number of nitrogens with two attached hydrogens (primary N) is 4. The average Bonchev–Trinajstić information content (AvgIpc) is 3.30. The second-order valence-corrected chi connectivity index (χ2v) is 19.0. The molecule has 0 aliphatic heterocycles. The van der Waals surface area contributed by atoms with Crippen molar-refractivity contribution in [2.45, 2.75) is 146 Å². The van der Waals surface area contributed by atoms with Crippen LogP contribution < -0.4 is 70.8 Å². The molecule has 0 spiro atoms. The first kappa shape index (κ1) is 65.3. The lowest BCUT2D eigenvalue weighted by molar-refractivity contribution is -0.142. The van der Waals surface area contributed by atoms with Gasteiger partial charge in [-0.25, -0.2) is 4.79 Å². The summed E-state index contributed by atoms with van der Waals surface area (Å²) in [4.78, 5) is 149. The Morgan fingerprint density at radius 2 is 1.07 bits per heavy atom. The minimum absolute atomic E-state index is 0.000701. The third kappa shape index (κ3) is 23.4. The van der Waals surface area contributed by atoms with Gasteiger partial charge in [-0.05, 0) is 78.8 Å². The molecular weight excluding hydrogens is 1010 g/mol. The second-order valence-electron chi connectivity index (χ2n) is 18.2. The molecule has 1 aromatic carbocycles. The first-order valence-corrected chi connectivity index (χ1v) is 24.7. The summed E-state index contributed by atoms with van der Waals surface area (Å²) >= 11 is 8.17. The lowest BCUT2D eigenvalue weighted by Gasteiger charge is -2.31. The fourth-order valence-corrected chi connectivity index (χ4v) is 7.17. The molecule has 0 saturated carbocycles. The third-order valence-electron chi connectivity index (χ3n) is 10.8. The van der Waals surface area contributed by atoms with Gasteiger partial charge in [-0.15, -0.1) is 0 Å². The summed E-state index contributed by atoms with van der Waals surface area (Å²) < 4.78 is 0. The molecule has 0 heterocycles.